The monoisotopic (exact) mass is 402 g/mol. The first-order valence-corrected chi connectivity index (χ1v) is 8.78. The molecule has 154 valence electrons. The van der Waals surface area contributed by atoms with Crippen molar-refractivity contribution in [3.05, 3.63) is 47.0 Å². The number of hydrogen-bond acceptors (Lipinski definition) is 7. The fourth-order valence-corrected chi connectivity index (χ4v) is 3.41. The largest absolute Gasteiger partial charge is 0.502 e. The number of phenolic OH excluding ortho intramolecular Hbond substituents is 1. The number of benzene rings is 2. The summed E-state index contributed by atoms with van der Waals surface area (Å²) in [4.78, 5) is 10.8. The Morgan fingerprint density at radius 1 is 1.07 bits per heavy atom. The SMILES string of the molecule is COc1cc(C2Oc3c(OC)cc(C=CC(=O)O)cc3C2CO)cc(OC)c1O. The van der Waals surface area contributed by atoms with Crippen molar-refractivity contribution in [2.24, 2.45) is 0 Å². The van der Waals surface area contributed by atoms with Gasteiger partial charge in [0, 0.05) is 17.2 Å². The molecule has 0 saturated heterocycles. The molecule has 3 N–H and O–H groups in total. The summed E-state index contributed by atoms with van der Waals surface area (Å²) in [5.74, 6) is -0.327. The number of carboxylic acids is 1. The van der Waals surface area contributed by atoms with Gasteiger partial charge in [0.15, 0.2) is 23.0 Å². The van der Waals surface area contributed by atoms with E-state index in [-0.39, 0.29) is 23.9 Å². The maximum Gasteiger partial charge on any atom is 0.328 e. The summed E-state index contributed by atoms with van der Waals surface area (Å²) in [5, 5.41) is 29.1. The van der Waals surface area contributed by atoms with Gasteiger partial charge in [-0.05, 0) is 35.9 Å². The van der Waals surface area contributed by atoms with E-state index < -0.39 is 18.0 Å². The first-order chi connectivity index (χ1) is 13.9. The van der Waals surface area contributed by atoms with Crippen molar-refractivity contribution in [2.75, 3.05) is 27.9 Å². The van der Waals surface area contributed by atoms with Gasteiger partial charge in [-0.3, -0.25) is 0 Å². The van der Waals surface area contributed by atoms with Gasteiger partial charge in [0.1, 0.15) is 6.10 Å². The van der Waals surface area contributed by atoms with E-state index in [1.54, 1.807) is 24.3 Å². The number of carbonyl (C=O) groups is 1. The number of phenols is 1. The zero-order valence-corrected chi connectivity index (χ0v) is 16.2. The van der Waals surface area contributed by atoms with Gasteiger partial charge < -0.3 is 34.3 Å². The molecule has 0 saturated carbocycles. The Bertz CT molecular complexity index is 925. The molecular weight excluding hydrogens is 380 g/mol. The van der Waals surface area contributed by atoms with Crippen molar-refractivity contribution in [3.8, 4) is 28.7 Å². The van der Waals surface area contributed by atoms with E-state index in [1.165, 1.54) is 27.4 Å². The molecule has 0 bridgehead atoms. The van der Waals surface area contributed by atoms with Crippen LogP contribution in [-0.4, -0.2) is 49.2 Å². The van der Waals surface area contributed by atoms with E-state index in [2.05, 4.69) is 0 Å². The fraction of sp³-hybridized carbons (Fsp3) is 0.286. The molecule has 1 heterocycles. The van der Waals surface area contributed by atoms with E-state index in [0.717, 1.165) is 6.08 Å². The number of aliphatic hydroxyl groups is 1. The van der Waals surface area contributed by atoms with E-state index >= 15 is 0 Å². The van der Waals surface area contributed by atoms with Crippen molar-refractivity contribution in [3.63, 3.8) is 0 Å². The van der Waals surface area contributed by atoms with Crippen LogP contribution in [0.15, 0.2) is 30.3 Å². The second kappa shape index (κ2) is 8.32. The van der Waals surface area contributed by atoms with Crippen LogP contribution in [0.2, 0.25) is 0 Å². The van der Waals surface area contributed by atoms with Crippen LogP contribution in [0.1, 0.15) is 28.7 Å². The summed E-state index contributed by atoms with van der Waals surface area (Å²) in [6.07, 6.45) is 1.88. The Labute approximate surface area is 167 Å². The van der Waals surface area contributed by atoms with Gasteiger partial charge in [-0.15, -0.1) is 0 Å². The average molecular weight is 402 g/mol. The molecule has 3 rings (SSSR count). The molecule has 2 aromatic rings. The molecule has 0 aliphatic carbocycles. The van der Waals surface area contributed by atoms with Gasteiger partial charge in [0.25, 0.3) is 0 Å². The molecule has 1 aliphatic heterocycles. The fourth-order valence-electron chi connectivity index (χ4n) is 3.41. The number of aliphatic carboxylic acids is 1. The lowest BCUT2D eigenvalue weighted by Gasteiger charge is -2.20. The van der Waals surface area contributed by atoms with Crippen LogP contribution in [0.5, 0.6) is 28.7 Å². The maximum atomic E-state index is 10.8. The molecule has 2 unspecified atom stereocenters. The molecule has 2 aromatic carbocycles. The zero-order valence-electron chi connectivity index (χ0n) is 16.2. The highest BCUT2D eigenvalue weighted by Crippen LogP contribution is 2.52. The molecule has 0 amide bonds. The molecule has 0 spiro atoms. The molecule has 2 atom stereocenters. The third-order valence-electron chi connectivity index (χ3n) is 4.78. The Balaban J connectivity index is 2.09. The molecule has 0 fully saturated rings. The Kier molecular flexibility index (Phi) is 5.84. The van der Waals surface area contributed by atoms with Crippen molar-refractivity contribution in [1.82, 2.24) is 0 Å². The summed E-state index contributed by atoms with van der Waals surface area (Å²) < 4.78 is 22.0. The lowest BCUT2D eigenvalue weighted by molar-refractivity contribution is -0.131. The minimum absolute atomic E-state index is 0.131. The van der Waals surface area contributed by atoms with E-state index in [9.17, 15) is 15.0 Å². The zero-order chi connectivity index (χ0) is 21.1. The number of ether oxygens (including phenoxy) is 4. The third-order valence-corrected chi connectivity index (χ3v) is 4.78. The standard InChI is InChI=1S/C21H22O8/c1-26-15-8-12(9-16(27-2)19(15)25)20-14(10-22)13-6-11(4-5-18(23)24)7-17(28-3)21(13)29-20/h4-9,14,20,22,25H,10H2,1-3H3,(H,23,24). The van der Waals surface area contributed by atoms with Crippen LogP contribution in [0.4, 0.5) is 0 Å². The molecule has 8 heteroatoms. The molecule has 29 heavy (non-hydrogen) atoms. The van der Waals surface area contributed by atoms with E-state index in [4.69, 9.17) is 24.1 Å². The van der Waals surface area contributed by atoms with E-state index in [0.29, 0.717) is 28.2 Å². The van der Waals surface area contributed by atoms with Crippen LogP contribution in [0.25, 0.3) is 6.08 Å². The summed E-state index contributed by atoms with van der Waals surface area (Å²) in [6, 6.07) is 6.66. The predicted molar refractivity (Wildman–Crippen MR) is 104 cm³/mol. The van der Waals surface area contributed by atoms with Crippen molar-refractivity contribution in [2.45, 2.75) is 12.0 Å². The quantitative estimate of drug-likeness (QED) is 0.606. The minimum atomic E-state index is -1.07. The number of hydrogen-bond donors (Lipinski definition) is 3. The normalized spacial score (nSPS) is 17.7. The molecule has 1 aliphatic rings. The Hall–Kier alpha value is -3.39. The second-order valence-corrected chi connectivity index (χ2v) is 6.41. The summed E-state index contributed by atoms with van der Waals surface area (Å²) in [6.45, 7) is -0.224. The van der Waals surface area contributed by atoms with E-state index in [1.807, 2.05) is 0 Å². The number of aromatic hydroxyl groups is 1. The Morgan fingerprint density at radius 2 is 1.69 bits per heavy atom. The molecule has 8 nitrogen and oxygen atoms in total. The minimum Gasteiger partial charge on any atom is -0.502 e. The van der Waals surface area contributed by atoms with Gasteiger partial charge in [-0.1, -0.05) is 0 Å². The maximum absolute atomic E-state index is 10.8. The smallest absolute Gasteiger partial charge is 0.328 e. The number of aliphatic hydroxyl groups excluding tert-OH is 1. The van der Waals surface area contributed by atoms with Crippen LogP contribution < -0.4 is 18.9 Å². The van der Waals surface area contributed by atoms with Crippen molar-refractivity contribution >= 4 is 12.0 Å². The van der Waals surface area contributed by atoms with Crippen molar-refractivity contribution < 1.29 is 39.1 Å². The molecule has 0 radical (unpaired) electrons. The van der Waals surface area contributed by atoms with Gasteiger partial charge in [0.2, 0.25) is 5.75 Å². The van der Waals surface area contributed by atoms with Gasteiger partial charge in [-0.25, -0.2) is 4.79 Å². The average Bonchev–Trinajstić information content (AvgIpc) is 3.10. The Morgan fingerprint density at radius 3 is 2.21 bits per heavy atom. The predicted octanol–water partition coefficient (Wildman–Crippen LogP) is 2.73. The number of carboxylic acid groups (broad SMARTS) is 1. The van der Waals surface area contributed by atoms with Crippen LogP contribution in [-0.2, 0) is 4.79 Å². The summed E-state index contributed by atoms with van der Waals surface area (Å²) >= 11 is 0. The highest BCUT2D eigenvalue weighted by molar-refractivity contribution is 5.85. The van der Waals surface area contributed by atoms with Crippen LogP contribution in [0.3, 0.4) is 0 Å². The number of methoxy groups -OCH3 is 3. The third kappa shape index (κ3) is 3.79. The highest BCUT2D eigenvalue weighted by Gasteiger charge is 2.38. The first kappa shape index (κ1) is 20.3. The molecule has 0 aromatic heterocycles. The summed E-state index contributed by atoms with van der Waals surface area (Å²) in [7, 11) is 4.34. The number of fused-ring (bicyclic) bond motifs is 1. The van der Waals surface area contributed by atoms with Gasteiger partial charge in [-0.2, -0.15) is 0 Å². The summed E-state index contributed by atoms with van der Waals surface area (Å²) in [5.41, 5.74) is 1.93. The number of rotatable bonds is 7. The second-order valence-electron chi connectivity index (χ2n) is 6.41. The van der Waals surface area contributed by atoms with Crippen molar-refractivity contribution in [1.29, 1.82) is 0 Å². The van der Waals surface area contributed by atoms with Gasteiger partial charge in [0.05, 0.1) is 33.9 Å². The topological polar surface area (TPSA) is 115 Å². The van der Waals surface area contributed by atoms with Crippen LogP contribution in [0, 0.1) is 0 Å². The lowest BCUT2D eigenvalue weighted by Crippen LogP contribution is -2.13. The van der Waals surface area contributed by atoms with Crippen LogP contribution >= 0.6 is 0 Å². The first-order valence-electron chi connectivity index (χ1n) is 8.78. The van der Waals surface area contributed by atoms with Gasteiger partial charge >= 0.3 is 5.97 Å². The highest BCUT2D eigenvalue weighted by atomic mass is 16.5. The lowest BCUT2D eigenvalue weighted by atomic mass is 9.90. The molecular formula is C21H22O8.